The molecule has 0 bridgehead atoms. The van der Waals surface area contributed by atoms with E-state index in [-0.39, 0.29) is 5.41 Å². The summed E-state index contributed by atoms with van der Waals surface area (Å²) in [5.74, 6) is 0.705. The minimum Gasteiger partial charge on any atom is -0.238 e. The third-order valence-electron chi connectivity index (χ3n) is 13.1. The van der Waals surface area contributed by atoms with Crippen LogP contribution in [0.2, 0.25) is 0 Å². The summed E-state index contributed by atoms with van der Waals surface area (Å²) in [4.78, 5) is 14.0. The van der Waals surface area contributed by atoms with Gasteiger partial charge in [-0.2, -0.15) is 0 Å². The summed E-state index contributed by atoms with van der Waals surface area (Å²) in [5.41, 5.74) is 20.5. The highest BCUT2D eigenvalue weighted by atomic mass is 14.9. The lowest BCUT2D eigenvalue weighted by Gasteiger charge is -2.36. The van der Waals surface area contributed by atoms with Crippen molar-refractivity contribution in [1.82, 2.24) is 9.97 Å². The molecule has 0 radical (unpaired) electrons. The molecular weight excluding hydrogens is 751 g/mol. The first-order valence-corrected chi connectivity index (χ1v) is 21.7. The minimum absolute atomic E-state index is 0.00382. The van der Waals surface area contributed by atoms with Gasteiger partial charge in [0, 0.05) is 22.1 Å². The second-order valence-corrected chi connectivity index (χ2v) is 16.7. The standard InChI is InChI=1S/C59H43N3/c1-60-50-32-33-52-54(38-50)59(34-9-4-10-35-59)53-23-13-22-51(57(52)53)49-21-12-20-48(37-49)47-19-11-18-46(36-47)42-26-30-44(31-27-42)56-39-55(61-58(62-56)45-16-7-3-8-17-45)43-28-24-41(25-29-43)40-14-5-2-6-15-40/h2-3,5-8,11-33,36-39H,4,9-10,34-35H2. The highest BCUT2D eigenvalue weighted by Crippen LogP contribution is 2.58. The van der Waals surface area contributed by atoms with Crippen molar-refractivity contribution in [2.45, 2.75) is 37.5 Å². The molecule has 1 fully saturated rings. The number of hydrogen-bond donors (Lipinski definition) is 0. The van der Waals surface area contributed by atoms with Gasteiger partial charge in [0.15, 0.2) is 11.5 Å². The van der Waals surface area contributed by atoms with E-state index in [0.717, 1.165) is 57.7 Å². The Morgan fingerprint density at radius 1 is 0.371 bits per heavy atom. The zero-order chi connectivity index (χ0) is 41.5. The van der Waals surface area contributed by atoms with Gasteiger partial charge in [-0.05, 0) is 97.8 Å². The van der Waals surface area contributed by atoms with Gasteiger partial charge in [-0.3, -0.25) is 0 Å². The van der Waals surface area contributed by atoms with E-state index in [0.29, 0.717) is 5.82 Å². The van der Waals surface area contributed by atoms with Crippen molar-refractivity contribution < 1.29 is 0 Å². The Kier molecular flexibility index (Phi) is 9.48. The van der Waals surface area contributed by atoms with E-state index in [2.05, 4.69) is 175 Å². The van der Waals surface area contributed by atoms with Gasteiger partial charge in [0.1, 0.15) is 0 Å². The van der Waals surface area contributed by atoms with E-state index in [1.165, 1.54) is 74.9 Å². The van der Waals surface area contributed by atoms with Crippen LogP contribution in [0.25, 0.3) is 94.4 Å². The van der Waals surface area contributed by atoms with Gasteiger partial charge in [-0.1, -0.05) is 201 Å². The Labute approximate surface area is 363 Å². The lowest BCUT2D eigenvalue weighted by atomic mass is 9.67. The molecule has 0 aliphatic heterocycles. The molecule has 1 heterocycles. The van der Waals surface area contributed by atoms with Crippen molar-refractivity contribution in [3.05, 3.63) is 223 Å². The summed E-state index contributed by atoms with van der Waals surface area (Å²) in [6.07, 6.45) is 6.02. The van der Waals surface area contributed by atoms with Gasteiger partial charge < -0.3 is 0 Å². The topological polar surface area (TPSA) is 30.1 Å². The van der Waals surface area contributed by atoms with Crippen LogP contribution in [0, 0.1) is 6.57 Å². The fourth-order valence-electron chi connectivity index (χ4n) is 10.0. The number of fused-ring (bicyclic) bond motifs is 5. The predicted octanol–water partition coefficient (Wildman–Crippen LogP) is 15.9. The van der Waals surface area contributed by atoms with Crippen molar-refractivity contribution in [1.29, 1.82) is 0 Å². The minimum atomic E-state index is -0.00382. The first-order chi connectivity index (χ1) is 30.6. The molecule has 62 heavy (non-hydrogen) atoms. The van der Waals surface area contributed by atoms with Gasteiger partial charge in [0.05, 0.1) is 18.0 Å². The van der Waals surface area contributed by atoms with Crippen LogP contribution in [0.1, 0.15) is 43.2 Å². The molecule has 294 valence electrons. The van der Waals surface area contributed by atoms with Crippen LogP contribution in [0.4, 0.5) is 5.69 Å². The van der Waals surface area contributed by atoms with Crippen LogP contribution in [-0.2, 0) is 5.41 Å². The summed E-state index contributed by atoms with van der Waals surface area (Å²) in [5, 5.41) is 0. The van der Waals surface area contributed by atoms with Gasteiger partial charge in [-0.15, -0.1) is 0 Å². The zero-order valence-corrected chi connectivity index (χ0v) is 34.4. The Morgan fingerprint density at radius 3 is 1.50 bits per heavy atom. The molecule has 0 amide bonds. The molecule has 8 aromatic carbocycles. The molecule has 3 heteroatoms. The van der Waals surface area contributed by atoms with Gasteiger partial charge in [0.25, 0.3) is 0 Å². The molecule has 0 saturated heterocycles. The van der Waals surface area contributed by atoms with Crippen molar-refractivity contribution in [3.8, 4) is 89.5 Å². The van der Waals surface area contributed by atoms with Gasteiger partial charge in [0.2, 0.25) is 0 Å². The molecule has 0 atom stereocenters. The quantitative estimate of drug-likeness (QED) is 0.150. The van der Waals surface area contributed by atoms with Crippen LogP contribution in [-0.4, -0.2) is 9.97 Å². The molecule has 1 saturated carbocycles. The summed E-state index contributed by atoms with van der Waals surface area (Å²) in [6, 6.07) is 71.4. The highest BCUT2D eigenvalue weighted by molar-refractivity contribution is 5.94. The second kappa shape index (κ2) is 15.7. The summed E-state index contributed by atoms with van der Waals surface area (Å²) in [6.45, 7) is 7.78. The second-order valence-electron chi connectivity index (χ2n) is 16.7. The maximum atomic E-state index is 7.78. The Bertz CT molecular complexity index is 3140. The van der Waals surface area contributed by atoms with Crippen LogP contribution in [0.5, 0.6) is 0 Å². The Balaban J connectivity index is 0.913. The maximum Gasteiger partial charge on any atom is 0.187 e. The lowest BCUT2D eigenvalue weighted by Crippen LogP contribution is -2.28. The summed E-state index contributed by atoms with van der Waals surface area (Å²) < 4.78 is 0. The first kappa shape index (κ1) is 37.3. The number of nitrogens with zero attached hydrogens (tertiary/aromatic N) is 3. The molecule has 2 aliphatic carbocycles. The Morgan fingerprint density at radius 2 is 0.871 bits per heavy atom. The molecule has 2 aliphatic rings. The van der Waals surface area contributed by atoms with Crippen molar-refractivity contribution >= 4 is 5.69 Å². The summed E-state index contributed by atoms with van der Waals surface area (Å²) in [7, 11) is 0. The molecule has 1 aromatic heterocycles. The molecule has 1 spiro atoms. The van der Waals surface area contributed by atoms with Crippen molar-refractivity contribution in [2.24, 2.45) is 0 Å². The summed E-state index contributed by atoms with van der Waals surface area (Å²) >= 11 is 0. The number of hydrogen-bond acceptors (Lipinski definition) is 2. The average Bonchev–Trinajstić information content (AvgIpc) is 3.62. The molecule has 0 N–H and O–H groups in total. The molecular formula is C59H43N3. The van der Waals surface area contributed by atoms with E-state index in [1.54, 1.807) is 0 Å². The maximum absolute atomic E-state index is 7.78. The molecule has 11 rings (SSSR count). The van der Waals surface area contributed by atoms with Crippen LogP contribution in [0.3, 0.4) is 0 Å². The Hall–Kier alpha value is -7.67. The smallest absolute Gasteiger partial charge is 0.187 e. The van der Waals surface area contributed by atoms with Crippen molar-refractivity contribution in [2.75, 3.05) is 0 Å². The first-order valence-electron chi connectivity index (χ1n) is 21.7. The van der Waals surface area contributed by atoms with Crippen LogP contribution < -0.4 is 0 Å². The fourth-order valence-corrected chi connectivity index (χ4v) is 10.0. The average molecular weight is 794 g/mol. The van der Waals surface area contributed by atoms with E-state index in [4.69, 9.17) is 16.5 Å². The van der Waals surface area contributed by atoms with E-state index < -0.39 is 0 Å². The van der Waals surface area contributed by atoms with E-state index in [9.17, 15) is 0 Å². The lowest BCUT2D eigenvalue weighted by molar-refractivity contribution is 0.353. The van der Waals surface area contributed by atoms with Gasteiger partial charge >= 0.3 is 0 Å². The fraction of sp³-hybridized carbons (Fsp3) is 0.102. The van der Waals surface area contributed by atoms with Gasteiger partial charge in [-0.25, -0.2) is 14.8 Å². The molecule has 9 aromatic rings. The monoisotopic (exact) mass is 793 g/mol. The van der Waals surface area contributed by atoms with E-state index in [1.807, 2.05) is 30.3 Å². The highest BCUT2D eigenvalue weighted by Gasteiger charge is 2.44. The van der Waals surface area contributed by atoms with Crippen molar-refractivity contribution in [3.63, 3.8) is 0 Å². The molecule has 0 unspecified atom stereocenters. The largest absolute Gasteiger partial charge is 0.238 e. The number of aromatic nitrogens is 2. The van der Waals surface area contributed by atoms with Crippen LogP contribution in [0.15, 0.2) is 200 Å². The van der Waals surface area contributed by atoms with Crippen LogP contribution >= 0.6 is 0 Å². The third kappa shape index (κ3) is 6.71. The third-order valence-corrected chi connectivity index (χ3v) is 13.1. The number of rotatable bonds is 7. The SMILES string of the molecule is [C-]#[N+]c1ccc2c(c1)C1(CCCCC1)c1cccc(-c3cccc(-c4cccc(-c5ccc(-c6cc(-c7ccc(-c8ccccc8)cc7)nc(-c7ccccc7)n6)cc5)c4)c3)c1-2. The number of benzene rings is 8. The zero-order valence-electron chi connectivity index (χ0n) is 34.4. The predicted molar refractivity (Wildman–Crippen MR) is 256 cm³/mol. The molecule has 3 nitrogen and oxygen atoms in total. The normalized spacial score (nSPS) is 13.6. The van der Waals surface area contributed by atoms with E-state index >= 15 is 0 Å².